The van der Waals surface area contributed by atoms with Gasteiger partial charge in [0.25, 0.3) is 0 Å². The number of carbonyl (C=O) groups is 1. The molecule has 0 aliphatic rings. The molecule has 0 saturated heterocycles. The first-order chi connectivity index (χ1) is 10.3. The van der Waals surface area contributed by atoms with Crippen LogP contribution in [0.4, 0.5) is 0 Å². The summed E-state index contributed by atoms with van der Waals surface area (Å²) in [6.45, 7) is 2.61. The molecule has 2 aromatic carbocycles. The molecule has 1 aromatic heterocycles. The standard InChI is InChI=1S/C17H15N3O/c1-13-7-5-6-10-15(13)17-16(12-21)18-19-20(17)11-14-8-3-2-4-9-14/h2-10,12H,11H2,1H3. The summed E-state index contributed by atoms with van der Waals surface area (Å²) in [6, 6.07) is 18.0. The summed E-state index contributed by atoms with van der Waals surface area (Å²) in [5.74, 6) is 0. The van der Waals surface area contributed by atoms with Crippen LogP contribution in [0.1, 0.15) is 21.6 Å². The van der Waals surface area contributed by atoms with Gasteiger partial charge in [0.1, 0.15) is 0 Å². The third-order valence-corrected chi connectivity index (χ3v) is 3.45. The van der Waals surface area contributed by atoms with Crippen LogP contribution in [-0.4, -0.2) is 21.3 Å². The first-order valence-corrected chi connectivity index (χ1v) is 6.78. The summed E-state index contributed by atoms with van der Waals surface area (Å²) in [5, 5.41) is 8.13. The van der Waals surface area contributed by atoms with Gasteiger partial charge in [0.05, 0.1) is 12.2 Å². The second kappa shape index (κ2) is 5.71. The Labute approximate surface area is 123 Å². The summed E-state index contributed by atoms with van der Waals surface area (Å²) < 4.78 is 1.78. The van der Waals surface area contributed by atoms with E-state index in [9.17, 15) is 4.79 Å². The van der Waals surface area contributed by atoms with E-state index in [0.29, 0.717) is 12.2 Å². The van der Waals surface area contributed by atoms with Crippen molar-refractivity contribution in [1.82, 2.24) is 15.0 Å². The Morgan fingerprint density at radius 2 is 1.76 bits per heavy atom. The predicted molar refractivity (Wildman–Crippen MR) is 81.1 cm³/mol. The predicted octanol–water partition coefficient (Wildman–Crippen LogP) is 3.11. The molecule has 0 unspecified atom stereocenters. The Bertz CT molecular complexity index is 763. The van der Waals surface area contributed by atoms with Crippen LogP contribution in [0.25, 0.3) is 11.3 Å². The van der Waals surface area contributed by atoms with Gasteiger partial charge in [-0.15, -0.1) is 5.10 Å². The minimum Gasteiger partial charge on any atom is -0.296 e. The lowest BCUT2D eigenvalue weighted by atomic mass is 10.0. The summed E-state index contributed by atoms with van der Waals surface area (Å²) >= 11 is 0. The zero-order valence-corrected chi connectivity index (χ0v) is 11.7. The van der Waals surface area contributed by atoms with Crippen LogP contribution in [0.3, 0.4) is 0 Å². The molecule has 0 bridgehead atoms. The normalized spacial score (nSPS) is 10.5. The van der Waals surface area contributed by atoms with Gasteiger partial charge in [0.15, 0.2) is 12.0 Å². The lowest BCUT2D eigenvalue weighted by Gasteiger charge is -2.09. The smallest absolute Gasteiger partial charge is 0.172 e. The molecule has 4 heteroatoms. The molecule has 0 N–H and O–H groups in total. The molecule has 21 heavy (non-hydrogen) atoms. The molecular formula is C17H15N3O. The molecule has 0 aliphatic carbocycles. The summed E-state index contributed by atoms with van der Waals surface area (Å²) in [7, 11) is 0. The molecule has 0 fully saturated rings. The fourth-order valence-electron chi connectivity index (χ4n) is 2.39. The molecule has 104 valence electrons. The number of aryl methyl sites for hydroxylation is 1. The number of aldehydes is 1. The molecule has 4 nitrogen and oxygen atoms in total. The van der Waals surface area contributed by atoms with Crippen molar-refractivity contribution in [1.29, 1.82) is 0 Å². The Balaban J connectivity index is 2.09. The topological polar surface area (TPSA) is 47.8 Å². The SMILES string of the molecule is Cc1ccccc1-c1c(C=O)nnn1Cc1ccccc1. The highest BCUT2D eigenvalue weighted by molar-refractivity contribution is 5.84. The second-order valence-electron chi connectivity index (χ2n) is 4.90. The number of hydrogen-bond donors (Lipinski definition) is 0. The fraction of sp³-hybridized carbons (Fsp3) is 0.118. The van der Waals surface area contributed by atoms with E-state index in [4.69, 9.17) is 0 Å². The van der Waals surface area contributed by atoms with Gasteiger partial charge in [0.2, 0.25) is 0 Å². The third kappa shape index (κ3) is 2.60. The van der Waals surface area contributed by atoms with Crippen molar-refractivity contribution in [3.05, 3.63) is 71.4 Å². The Kier molecular flexibility index (Phi) is 3.60. The maximum Gasteiger partial charge on any atom is 0.172 e. The van der Waals surface area contributed by atoms with Crippen molar-refractivity contribution >= 4 is 6.29 Å². The Hall–Kier alpha value is -2.75. The minimum absolute atomic E-state index is 0.375. The van der Waals surface area contributed by atoms with Gasteiger partial charge in [-0.25, -0.2) is 4.68 Å². The van der Waals surface area contributed by atoms with Gasteiger partial charge < -0.3 is 0 Å². The molecule has 0 radical (unpaired) electrons. The Morgan fingerprint density at radius 1 is 1.05 bits per heavy atom. The van der Waals surface area contributed by atoms with E-state index in [-0.39, 0.29) is 0 Å². The molecular weight excluding hydrogens is 262 g/mol. The molecule has 3 aromatic rings. The average molecular weight is 277 g/mol. The van der Waals surface area contributed by atoms with Gasteiger partial charge in [-0.2, -0.15) is 0 Å². The van der Waals surface area contributed by atoms with Crippen LogP contribution in [-0.2, 0) is 6.54 Å². The van der Waals surface area contributed by atoms with Crippen LogP contribution < -0.4 is 0 Å². The maximum atomic E-state index is 11.3. The molecule has 3 rings (SSSR count). The van der Waals surface area contributed by atoms with Crippen molar-refractivity contribution in [3.63, 3.8) is 0 Å². The molecule has 0 amide bonds. The van der Waals surface area contributed by atoms with Crippen molar-refractivity contribution < 1.29 is 4.79 Å². The van der Waals surface area contributed by atoms with Crippen LogP contribution in [0.15, 0.2) is 54.6 Å². The van der Waals surface area contributed by atoms with Gasteiger partial charge >= 0.3 is 0 Å². The van der Waals surface area contributed by atoms with E-state index >= 15 is 0 Å². The van der Waals surface area contributed by atoms with Crippen molar-refractivity contribution in [2.45, 2.75) is 13.5 Å². The minimum atomic E-state index is 0.375. The molecule has 1 heterocycles. The van der Waals surface area contributed by atoms with Crippen molar-refractivity contribution in [3.8, 4) is 11.3 Å². The fourth-order valence-corrected chi connectivity index (χ4v) is 2.39. The first-order valence-electron chi connectivity index (χ1n) is 6.78. The number of hydrogen-bond acceptors (Lipinski definition) is 3. The molecule has 0 saturated carbocycles. The van der Waals surface area contributed by atoms with E-state index < -0.39 is 0 Å². The van der Waals surface area contributed by atoms with E-state index in [0.717, 1.165) is 28.7 Å². The zero-order valence-electron chi connectivity index (χ0n) is 11.7. The average Bonchev–Trinajstić information content (AvgIpc) is 2.91. The molecule has 0 aliphatic heterocycles. The third-order valence-electron chi connectivity index (χ3n) is 3.45. The quantitative estimate of drug-likeness (QED) is 0.688. The van der Waals surface area contributed by atoms with E-state index in [1.807, 2.05) is 61.5 Å². The molecule has 0 atom stereocenters. The van der Waals surface area contributed by atoms with Gasteiger partial charge in [-0.05, 0) is 18.1 Å². The number of rotatable bonds is 4. The number of nitrogens with zero attached hydrogens (tertiary/aromatic N) is 3. The van der Waals surface area contributed by atoms with E-state index in [2.05, 4.69) is 10.3 Å². The van der Waals surface area contributed by atoms with Gasteiger partial charge in [-0.3, -0.25) is 4.79 Å². The van der Waals surface area contributed by atoms with Crippen LogP contribution in [0.2, 0.25) is 0 Å². The van der Waals surface area contributed by atoms with Crippen molar-refractivity contribution in [2.24, 2.45) is 0 Å². The van der Waals surface area contributed by atoms with E-state index in [1.54, 1.807) is 4.68 Å². The zero-order chi connectivity index (χ0) is 14.7. The summed E-state index contributed by atoms with van der Waals surface area (Å²) in [4.78, 5) is 11.3. The second-order valence-corrected chi connectivity index (χ2v) is 4.90. The first kappa shape index (κ1) is 13.2. The highest BCUT2D eigenvalue weighted by Gasteiger charge is 2.16. The largest absolute Gasteiger partial charge is 0.296 e. The van der Waals surface area contributed by atoms with Gasteiger partial charge in [0, 0.05) is 5.56 Å². The monoisotopic (exact) mass is 277 g/mol. The number of carbonyl (C=O) groups excluding carboxylic acids is 1. The van der Waals surface area contributed by atoms with Crippen molar-refractivity contribution in [2.75, 3.05) is 0 Å². The molecule has 0 spiro atoms. The van der Waals surface area contributed by atoms with E-state index in [1.165, 1.54) is 0 Å². The van der Waals surface area contributed by atoms with Crippen LogP contribution in [0, 0.1) is 6.92 Å². The lowest BCUT2D eigenvalue weighted by Crippen LogP contribution is -2.05. The number of benzene rings is 2. The summed E-state index contributed by atoms with van der Waals surface area (Å²) in [6.07, 6.45) is 0.760. The van der Waals surface area contributed by atoms with Crippen LogP contribution >= 0.6 is 0 Å². The van der Waals surface area contributed by atoms with Crippen LogP contribution in [0.5, 0.6) is 0 Å². The maximum absolute atomic E-state index is 11.3. The number of aromatic nitrogens is 3. The Morgan fingerprint density at radius 3 is 2.48 bits per heavy atom. The lowest BCUT2D eigenvalue weighted by molar-refractivity contribution is 0.111. The van der Waals surface area contributed by atoms with Gasteiger partial charge in [-0.1, -0.05) is 59.8 Å². The highest BCUT2D eigenvalue weighted by Crippen LogP contribution is 2.25. The highest BCUT2D eigenvalue weighted by atomic mass is 16.1. The summed E-state index contributed by atoms with van der Waals surface area (Å²) in [5.41, 5.74) is 4.35.